The number of ether oxygens (including phenoxy) is 1. The summed E-state index contributed by atoms with van der Waals surface area (Å²) in [6, 6.07) is 12.8. The molecule has 0 saturated carbocycles. The molecule has 4 heteroatoms. The maximum Gasteiger partial charge on any atom is 0.262 e. The number of phenolic OH excluding ortho intramolecular Hbond substituents is 1. The number of phenols is 1. The van der Waals surface area contributed by atoms with Crippen molar-refractivity contribution in [2.75, 3.05) is 11.9 Å². The Morgan fingerprint density at radius 1 is 1.23 bits per heavy atom. The first-order valence-corrected chi connectivity index (χ1v) is 7.28. The van der Waals surface area contributed by atoms with Gasteiger partial charge >= 0.3 is 0 Å². The molecule has 0 spiro atoms. The Morgan fingerprint density at radius 2 is 1.95 bits per heavy atom. The van der Waals surface area contributed by atoms with Gasteiger partial charge in [-0.15, -0.1) is 0 Å². The number of benzene rings is 2. The van der Waals surface area contributed by atoms with E-state index in [9.17, 15) is 9.90 Å². The number of rotatable bonds is 5. The first kappa shape index (κ1) is 15.9. The predicted octanol–water partition coefficient (Wildman–Crippen LogP) is 3.84. The van der Waals surface area contributed by atoms with E-state index >= 15 is 0 Å². The summed E-state index contributed by atoms with van der Waals surface area (Å²) in [6.45, 7) is 5.92. The SMILES string of the molecule is Cc1ccc(NC(=O)COc2ccccc2C(C)C)c(O)c1. The van der Waals surface area contributed by atoms with Crippen LogP contribution in [0.2, 0.25) is 0 Å². The van der Waals surface area contributed by atoms with Crippen LogP contribution in [0.25, 0.3) is 0 Å². The summed E-state index contributed by atoms with van der Waals surface area (Å²) in [4.78, 5) is 12.0. The normalized spacial score (nSPS) is 10.5. The van der Waals surface area contributed by atoms with Gasteiger partial charge in [0.25, 0.3) is 5.91 Å². The van der Waals surface area contributed by atoms with Crippen LogP contribution >= 0.6 is 0 Å². The molecule has 2 aromatic rings. The van der Waals surface area contributed by atoms with E-state index in [1.807, 2.05) is 37.3 Å². The molecule has 2 rings (SSSR count). The van der Waals surface area contributed by atoms with E-state index < -0.39 is 0 Å². The molecule has 0 aliphatic rings. The van der Waals surface area contributed by atoms with Crippen LogP contribution in [0.1, 0.15) is 30.9 Å². The number of hydrogen-bond donors (Lipinski definition) is 2. The number of para-hydroxylation sites is 1. The number of amides is 1. The van der Waals surface area contributed by atoms with Gasteiger partial charge in [0.15, 0.2) is 6.61 Å². The second-order valence-corrected chi connectivity index (χ2v) is 5.55. The van der Waals surface area contributed by atoms with Gasteiger partial charge in [-0.25, -0.2) is 0 Å². The Balaban J connectivity index is 1.99. The zero-order chi connectivity index (χ0) is 16.1. The summed E-state index contributed by atoms with van der Waals surface area (Å²) >= 11 is 0. The van der Waals surface area contributed by atoms with Gasteiger partial charge in [-0.05, 0) is 42.2 Å². The fourth-order valence-electron chi connectivity index (χ4n) is 2.17. The van der Waals surface area contributed by atoms with E-state index in [0.29, 0.717) is 17.4 Å². The molecule has 0 radical (unpaired) electrons. The van der Waals surface area contributed by atoms with Gasteiger partial charge in [-0.3, -0.25) is 4.79 Å². The molecule has 0 bridgehead atoms. The highest BCUT2D eigenvalue weighted by Crippen LogP contribution is 2.26. The first-order valence-electron chi connectivity index (χ1n) is 7.28. The van der Waals surface area contributed by atoms with Gasteiger partial charge in [-0.2, -0.15) is 0 Å². The molecule has 0 saturated heterocycles. The number of nitrogens with one attached hydrogen (secondary N) is 1. The smallest absolute Gasteiger partial charge is 0.262 e. The monoisotopic (exact) mass is 299 g/mol. The summed E-state index contributed by atoms with van der Waals surface area (Å²) in [5.74, 6) is 0.773. The summed E-state index contributed by atoms with van der Waals surface area (Å²) in [5, 5.41) is 12.4. The highest BCUT2D eigenvalue weighted by molar-refractivity contribution is 5.93. The molecule has 22 heavy (non-hydrogen) atoms. The van der Waals surface area contributed by atoms with Crippen molar-refractivity contribution in [1.29, 1.82) is 0 Å². The second kappa shape index (κ2) is 6.98. The molecule has 116 valence electrons. The third kappa shape index (κ3) is 4.01. The summed E-state index contributed by atoms with van der Waals surface area (Å²) < 4.78 is 5.60. The van der Waals surface area contributed by atoms with Crippen molar-refractivity contribution in [1.82, 2.24) is 0 Å². The molecule has 1 amide bonds. The Hall–Kier alpha value is -2.49. The van der Waals surface area contributed by atoms with Gasteiger partial charge < -0.3 is 15.2 Å². The van der Waals surface area contributed by atoms with Crippen molar-refractivity contribution in [2.45, 2.75) is 26.7 Å². The molecule has 4 nitrogen and oxygen atoms in total. The molecule has 0 atom stereocenters. The molecular weight excluding hydrogens is 278 g/mol. The van der Waals surface area contributed by atoms with Crippen molar-refractivity contribution >= 4 is 11.6 Å². The van der Waals surface area contributed by atoms with E-state index in [-0.39, 0.29) is 18.3 Å². The van der Waals surface area contributed by atoms with E-state index in [2.05, 4.69) is 19.2 Å². The Kier molecular flexibility index (Phi) is 5.04. The summed E-state index contributed by atoms with van der Waals surface area (Å²) in [7, 11) is 0. The minimum atomic E-state index is -0.308. The molecule has 0 fully saturated rings. The van der Waals surface area contributed by atoms with Gasteiger partial charge in [0.1, 0.15) is 11.5 Å². The second-order valence-electron chi connectivity index (χ2n) is 5.55. The van der Waals surface area contributed by atoms with E-state index in [1.54, 1.807) is 12.1 Å². The third-order valence-corrected chi connectivity index (χ3v) is 3.33. The van der Waals surface area contributed by atoms with Crippen LogP contribution in [-0.4, -0.2) is 17.6 Å². The van der Waals surface area contributed by atoms with Gasteiger partial charge in [0.05, 0.1) is 5.69 Å². The molecule has 2 aromatic carbocycles. The topological polar surface area (TPSA) is 58.6 Å². The van der Waals surface area contributed by atoms with Crippen LogP contribution in [0.3, 0.4) is 0 Å². The maximum atomic E-state index is 12.0. The molecule has 0 heterocycles. The number of carbonyl (C=O) groups excluding carboxylic acids is 1. The molecule has 0 aliphatic carbocycles. The molecule has 0 unspecified atom stereocenters. The van der Waals surface area contributed by atoms with Crippen LogP contribution in [0.15, 0.2) is 42.5 Å². The minimum absolute atomic E-state index is 0.0518. The number of aryl methyl sites for hydroxylation is 1. The van der Waals surface area contributed by atoms with Crippen LogP contribution in [0, 0.1) is 6.92 Å². The fraction of sp³-hybridized carbons (Fsp3) is 0.278. The Labute approximate surface area is 130 Å². The lowest BCUT2D eigenvalue weighted by molar-refractivity contribution is -0.118. The summed E-state index contributed by atoms with van der Waals surface area (Å²) in [5.41, 5.74) is 2.38. The molecule has 2 N–H and O–H groups in total. The average Bonchev–Trinajstić information content (AvgIpc) is 2.48. The largest absolute Gasteiger partial charge is 0.506 e. The highest BCUT2D eigenvalue weighted by atomic mass is 16.5. The number of aromatic hydroxyl groups is 1. The van der Waals surface area contributed by atoms with Crippen molar-refractivity contribution in [3.05, 3.63) is 53.6 Å². The van der Waals surface area contributed by atoms with Crippen LogP contribution in [-0.2, 0) is 4.79 Å². The number of hydrogen-bond acceptors (Lipinski definition) is 3. The zero-order valence-corrected chi connectivity index (χ0v) is 13.1. The Bertz CT molecular complexity index is 665. The molecule has 0 aromatic heterocycles. The lowest BCUT2D eigenvalue weighted by Crippen LogP contribution is -2.20. The Morgan fingerprint density at radius 3 is 2.64 bits per heavy atom. The lowest BCUT2D eigenvalue weighted by atomic mass is 10.0. The first-order chi connectivity index (χ1) is 10.5. The number of carbonyl (C=O) groups is 1. The number of anilines is 1. The zero-order valence-electron chi connectivity index (χ0n) is 13.1. The van der Waals surface area contributed by atoms with Crippen molar-refractivity contribution in [3.63, 3.8) is 0 Å². The minimum Gasteiger partial charge on any atom is -0.506 e. The predicted molar refractivity (Wildman–Crippen MR) is 87.5 cm³/mol. The van der Waals surface area contributed by atoms with Gasteiger partial charge in [-0.1, -0.05) is 38.1 Å². The summed E-state index contributed by atoms with van der Waals surface area (Å²) in [6.07, 6.45) is 0. The van der Waals surface area contributed by atoms with Crippen LogP contribution in [0.4, 0.5) is 5.69 Å². The maximum absolute atomic E-state index is 12.0. The lowest BCUT2D eigenvalue weighted by Gasteiger charge is -2.14. The van der Waals surface area contributed by atoms with Crippen LogP contribution in [0.5, 0.6) is 11.5 Å². The van der Waals surface area contributed by atoms with E-state index in [4.69, 9.17) is 4.74 Å². The van der Waals surface area contributed by atoms with E-state index in [0.717, 1.165) is 11.1 Å². The molecular formula is C18H21NO3. The van der Waals surface area contributed by atoms with Gasteiger partial charge in [0.2, 0.25) is 0 Å². The average molecular weight is 299 g/mol. The third-order valence-electron chi connectivity index (χ3n) is 3.33. The highest BCUT2D eigenvalue weighted by Gasteiger charge is 2.10. The quantitative estimate of drug-likeness (QED) is 0.825. The standard InChI is InChI=1S/C18H21NO3/c1-12(2)14-6-4-5-7-17(14)22-11-18(21)19-15-9-8-13(3)10-16(15)20/h4-10,12,20H,11H2,1-3H3,(H,19,21). The molecule has 0 aliphatic heterocycles. The van der Waals surface area contributed by atoms with Crippen molar-refractivity contribution in [2.24, 2.45) is 0 Å². The van der Waals surface area contributed by atoms with E-state index in [1.165, 1.54) is 0 Å². The fourth-order valence-corrected chi connectivity index (χ4v) is 2.17. The van der Waals surface area contributed by atoms with Crippen molar-refractivity contribution < 1.29 is 14.6 Å². The van der Waals surface area contributed by atoms with Crippen molar-refractivity contribution in [3.8, 4) is 11.5 Å². The van der Waals surface area contributed by atoms with Crippen LogP contribution < -0.4 is 10.1 Å². The van der Waals surface area contributed by atoms with Gasteiger partial charge in [0, 0.05) is 0 Å².